The van der Waals surface area contributed by atoms with Crippen LogP contribution >= 0.6 is 0 Å². The summed E-state index contributed by atoms with van der Waals surface area (Å²) in [6.07, 6.45) is 1.68. The van der Waals surface area contributed by atoms with E-state index in [-0.39, 0.29) is 24.7 Å². The third-order valence-corrected chi connectivity index (χ3v) is 2.87. The van der Waals surface area contributed by atoms with Crippen LogP contribution < -0.4 is 5.73 Å². The van der Waals surface area contributed by atoms with Crippen LogP contribution in [0.1, 0.15) is 12.8 Å². The zero-order chi connectivity index (χ0) is 10.1. The van der Waals surface area contributed by atoms with Crippen molar-refractivity contribution in [2.24, 2.45) is 11.7 Å². The molecule has 1 saturated carbocycles. The highest BCUT2D eigenvalue weighted by Gasteiger charge is 2.33. The van der Waals surface area contributed by atoms with E-state index in [0.717, 1.165) is 6.26 Å². The van der Waals surface area contributed by atoms with Crippen molar-refractivity contribution in [3.8, 4) is 0 Å². The molecule has 0 aromatic heterocycles. The monoisotopic (exact) mass is 209 g/mol. The molecule has 1 aliphatic rings. The van der Waals surface area contributed by atoms with E-state index in [2.05, 4.69) is 0 Å². The highest BCUT2D eigenvalue weighted by molar-refractivity contribution is 7.86. The third kappa shape index (κ3) is 3.22. The molecule has 0 radical (unpaired) electrons. The molecule has 5 nitrogen and oxygen atoms in total. The van der Waals surface area contributed by atoms with Gasteiger partial charge in [-0.1, -0.05) is 0 Å². The number of hydrogen-bond acceptors (Lipinski definition) is 5. The Morgan fingerprint density at radius 2 is 2.15 bits per heavy atom. The van der Waals surface area contributed by atoms with Gasteiger partial charge in [-0.25, -0.2) is 0 Å². The third-order valence-electron chi connectivity index (χ3n) is 2.25. The molecule has 0 amide bonds. The summed E-state index contributed by atoms with van der Waals surface area (Å²) in [5.74, 6) is -0.0354. The van der Waals surface area contributed by atoms with Gasteiger partial charge < -0.3 is 10.8 Å². The van der Waals surface area contributed by atoms with Gasteiger partial charge in [-0.2, -0.15) is 8.42 Å². The lowest BCUT2D eigenvalue weighted by atomic mass is 10.1. The minimum Gasteiger partial charge on any atom is -0.396 e. The van der Waals surface area contributed by atoms with Crippen LogP contribution in [0.15, 0.2) is 0 Å². The van der Waals surface area contributed by atoms with Crippen molar-refractivity contribution < 1.29 is 17.7 Å². The molecule has 3 unspecified atom stereocenters. The molecule has 13 heavy (non-hydrogen) atoms. The number of hydrogen-bond donors (Lipinski definition) is 2. The predicted molar refractivity (Wildman–Crippen MR) is 47.5 cm³/mol. The van der Waals surface area contributed by atoms with Crippen LogP contribution in [0.5, 0.6) is 0 Å². The summed E-state index contributed by atoms with van der Waals surface area (Å²) in [4.78, 5) is 0. The smallest absolute Gasteiger partial charge is 0.264 e. The van der Waals surface area contributed by atoms with E-state index in [4.69, 9.17) is 15.0 Å². The van der Waals surface area contributed by atoms with Crippen molar-refractivity contribution in [2.75, 3.05) is 12.9 Å². The average Bonchev–Trinajstić information content (AvgIpc) is 2.26. The van der Waals surface area contributed by atoms with E-state index >= 15 is 0 Å². The van der Waals surface area contributed by atoms with Crippen LogP contribution in [0.25, 0.3) is 0 Å². The van der Waals surface area contributed by atoms with Crippen molar-refractivity contribution in [2.45, 2.75) is 25.0 Å². The fourth-order valence-corrected chi connectivity index (χ4v) is 2.29. The second-order valence-corrected chi connectivity index (χ2v) is 5.10. The van der Waals surface area contributed by atoms with E-state index in [0.29, 0.717) is 12.8 Å². The minimum absolute atomic E-state index is 0.00914. The summed E-state index contributed by atoms with van der Waals surface area (Å²) in [6, 6.07) is -0.156. The topological polar surface area (TPSA) is 89.6 Å². The minimum atomic E-state index is -3.40. The molecule has 3 N–H and O–H groups in total. The summed E-state index contributed by atoms with van der Waals surface area (Å²) >= 11 is 0. The molecule has 78 valence electrons. The summed E-state index contributed by atoms with van der Waals surface area (Å²) < 4.78 is 26.3. The maximum Gasteiger partial charge on any atom is 0.264 e. The highest BCUT2D eigenvalue weighted by Crippen LogP contribution is 2.27. The van der Waals surface area contributed by atoms with Gasteiger partial charge in [0, 0.05) is 12.6 Å². The highest BCUT2D eigenvalue weighted by atomic mass is 32.2. The van der Waals surface area contributed by atoms with Gasteiger partial charge in [0.25, 0.3) is 10.1 Å². The second-order valence-electron chi connectivity index (χ2n) is 3.50. The van der Waals surface area contributed by atoms with Crippen LogP contribution in [-0.4, -0.2) is 38.5 Å². The van der Waals surface area contributed by atoms with Crippen molar-refractivity contribution >= 4 is 10.1 Å². The maximum atomic E-state index is 10.8. The maximum absolute atomic E-state index is 10.8. The molecule has 0 aliphatic heterocycles. The molecule has 3 atom stereocenters. The van der Waals surface area contributed by atoms with E-state index in [1.165, 1.54) is 0 Å². The lowest BCUT2D eigenvalue weighted by Gasteiger charge is -2.09. The molecule has 1 rings (SSSR count). The Bertz CT molecular complexity index is 264. The lowest BCUT2D eigenvalue weighted by molar-refractivity contribution is 0.188. The van der Waals surface area contributed by atoms with Gasteiger partial charge in [0.2, 0.25) is 0 Å². The summed E-state index contributed by atoms with van der Waals surface area (Å²) in [5.41, 5.74) is 5.66. The zero-order valence-corrected chi connectivity index (χ0v) is 8.33. The van der Waals surface area contributed by atoms with Gasteiger partial charge in [0.1, 0.15) is 0 Å². The van der Waals surface area contributed by atoms with Crippen molar-refractivity contribution in [3.05, 3.63) is 0 Å². The van der Waals surface area contributed by atoms with Gasteiger partial charge in [-0.05, 0) is 18.8 Å². The van der Waals surface area contributed by atoms with Gasteiger partial charge in [-0.15, -0.1) is 0 Å². The molecule has 0 bridgehead atoms. The number of rotatable bonds is 3. The van der Waals surface area contributed by atoms with Gasteiger partial charge >= 0.3 is 0 Å². The van der Waals surface area contributed by atoms with E-state index in [1.807, 2.05) is 0 Å². The summed E-state index contributed by atoms with van der Waals surface area (Å²) in [7, 11) is -3.40. The fraction of sp³-hybridized carbons (Fsp3) is 1.00. The Labute approximate surface area is 78.0 Å². The van der Waals surface area contributed by atoms with Crippen molar-refractivity contribution in [1.29, 1.82) is 0 Å². The Kier molecular flexibility index (Phi) is 3.28. The molecule has 1 aliphatic carbocycles. The quantitative estimate of drug-likeness (QED) is 0.586. The average molecular weight is 209 g/mol. The summed E-state index contributed by atoms with van der Waals surface area (Å²) in [5, 5.41) is 8.87. The van der Waals surface area contributed by atoms with Crippen LogP contribution in [0.4, 0.5) is 0 Å². The van der Waals surface area contributed by atoms with E-state index < -0.39 is 10.1 Å². The Morgan fingerprint density at radius 3 is 2.54 bits per heavy atom. The van der Waals surface area contributed by atoms with Crippen LogP contribution in [0.3, 0.4) is 0 Å². The van der Waals surface area contributed by atoms with Gasteiger partial charge in [0.15, 0.2) is 0 Å². The van der Waals surface area contributed by atoms with E-state index in [9.17, 15) is 8.42 Å². The Morgan fingerprint density at radius 1 is 1.54 bits per heavy atom. The molecular formula is C7H15NO4S. The Hall–Kier alpha value is -0.170. The molecule has 6 heteroatoms. The first kappa shape index (κ1) is 10.9. The number of aliphatic hydroxyl groups is 1. The van der Waals surface area contributed by atoms with Gasteiger partial charge in [-0.3, -0.25) is 4.18 Å². The van der Waals surface area contributed by atoms with Crippen LogP contribution in [0.2, 0.25) is 0 Å². The van der Waals surface area contributed by atoms with E-state index in [1.54, 1.807) is 0 Å². The first-order chi connectivity index (χ1) is 5.92. The first-order valence-corrected chi connectivity index (χ1v) is 5.98. The molecular weight excluding hydrogens is 194 g/mol. The number of nitrogens with two attached hydrogens (primary N) is 1. The lowest BCUT2D eigenvalue weighted by Crippen LogP contribution is -2.26. The molecule has 0 saturated heterocycles. The van der Waals surface area contributed by atoms with Crippen molar-refractivity contribution in [3.63, 3.8) is 0 Å². The van der Waals surface area contributed by atoms with Crippen LogP contribution in [-0.2, 0) is 14.3 Å². The largest absolute Gasteiger partial charge is 0.396 e. The van der Waals surface area contributed by atoms with Crippen LogP contribution in [0, 0.1) is 5.92 Å². The normalized spacial score (nSPS) is 35.2. The molecule has 1 fully saturated rings. The zero-order valence-electron chi connectivity index (χ0n) is 7.51. The first-order valence-electron chi connectivity index (χ1n) is 4.17. The van der Waals surface area contributed by atoms with Crippen molar-refractivity contribution in [1.82, 2.24) is 0 Å². The standard InChI is InChI=1S/C7H15NO4S/c1-13(10,11)12-6-2-5(4-9)7(8)3-6/h5-7,9H,2-4,8H2,1H3. The SMILES string of the molecule is CS(=O)(=O)OC1CC(N)C(CO)C1. The molecule has 0 spiro atoms. The molecule has 0 aromatic carbocycles. The predicted octanol–water partition coefficient (Wildman–Crippen LogP) is -0.939. The second kappa shape index (κ2) is 3.91. The number of aliphatic hydroxyl groups excluding tert-OH is 1. The molecule has 0 aromatic rings. The summed E-state index contributed by atoms with van der Waals surface area (Å²) in [6.45, 7) is -0.00914. The van der Waals surface area contributed by atoms with Gasteiger partial charge in [0.05, 0.1) is 12.4 Å². The molecule has 0 heterocycles. The Balaban J connectivity index is 2.49. The fourth-order valence-electron chi connectivity index (χ4n) is 1.64.